The van der Waals surface area contributed by atoms with Crippen LogP contribution in [0, 0.1) is 0 Å². The Morgan fingerprint density at radius 3 is 1.53 bits per heavy atom. The molecule has 3 aromatic carbocycles. The smallest absolute Gasteiger partial charge is 0.338 e. The summed E-state index contributed by atoms with van der Waals surface area (Å²) in [5.41, 5.74) is 0.933. The summed E-state index contributed by atoms with van der Waals surface area (Å²) in [4.78, 5) is 38.7. The van der Waals surface area contributed by atoms with Gasteiger partial charge in [-0.3, -0.25) is 0 Å². The molecule has 0 aromatic heterocycles. The van der Waals surface area contributed by atoms with Crippen molar-refractivity contribution in [3.05, 3.63) is 108 Å². The van der Waals surface area contributed by atoms with E-state index >= 15 is 0 Å². The predicted molar refractivity (Wildman–Crippen MR) is 134 cm³/mol. The quantitative estimate of drug-likeness (QED) is 0.225. The van der Waals surface area contributed by atoms with E-state index in [1.807, 2.05) is 0 Å². The molecule has 38 heavy (non-hydrogen) atoms. The molecule has 0 saturated carbocycles. The van der Waals surface area contributed by atoms with Crippen LogP contribution in [0.3, 0.4) is 0 Å². The lowest BCUT2D eigenvalue weighted by atomic mass is 10.1. The SMILES string of the molecule is COC(OC)[C@H]1O[C@H](COC(=O)c2ccccc2)[C@@H](OC(=O)c2ccccc2)[C@@H]1OC(=O)c1ccccc1. The molecule has 9 nitrogen and oxygen atoms in total. The monoisotopic (exact) mass is 520 g/mol. The normalized spacial score (nSPS) is 20.6. The maximum Gasteiger partial charge on any atom is 0.338 e. The molecule has 0 unspecified atom stereocenters. The fraction of sp³-hybridized carbons (Fsp3) is 0.276. The summed E-state index contributed by atoms with van der Waals surface area (Å²) in [6, 6.07) is 25.2. The highest BCUT2D eigenvalue weighted by atomic mass is 16.7. The summed E-state index contributed by atoms with van der Waals surface area (Å²) < 4.78 is 34.0. The number of carbonyl (C=O) groups is 3. The summed E-state index contributed by atoms with van der Waals surface area (Å²) in [6.07, 6.45) is -5.23. The molecule has 0 spiro atoms. The molecule has 0 amide bonds. The first-order valence-corrected chi connectivity index (χ1v) is 12.0. The van der Waals surface area contributed by atoms with Crippen molar-refractivity contribution in [1.82, 2.24) is 0 Å². The van der Waals surface area contributed by atoms with E-state index in [1.54, 1.807) is 91.0 Å². The van der Waals surface area contributed by atoms with Crippen LogP contribution in [-0.2, 0) is 28.4 Å². The van der Waals surface area contributed by atoms with Crippen LogP contribution in [0.1, 0.15) is 31.1 Å². The number of ether oxygens (including phenoxy) is 6. The molecule has 1 aliphatic rings. The van der Waals surface area contributed by atoms with Gasteiger partial charge in [-0.25, -0.2) is 14.4 Å². The van der Waals surface area contributed by atoms with Crippen molar-refractivity contribution in [2.24, 2.45) is 0 Å². The fourth-order valence-corrected chi connectivity index (χ4v) is 4.10. The third-order valence-corrected chi connectivity index (χ3v) is 5.97. The first-order chi connectivity index (χ1) is 18.5. The second kappa shape index (κ2) is 13.0. The molecule has 0 N–H and O–H groups in total. The van der Waals surface area contributed by atoms with Crippen molar-refractivity contribution in [1.29, 1.82) is 0 Å². The van der Waals surface area contributed by atoms with Crippen LogP contribution in [-0.4, -0.2) is 69.4 Å². The van der Waals surface area contributed by atoms with Crippen LogP contribution in [0.4, 0.5) is 0 Å². The molecule has 4 atom stereocenters. The van der Waals surface area contributed by atoms with Crippen LogP contribution in [0.2, 0.25) is 0 Å². The van der Waals surface area contributed by atoms with Crippen molar-refractivity contribution in [2.45, 2.75) is 30.7 Å². The summed E-state index contributed by atoms with van der Waals surface area (Å²) in [6.45, 7) is -0.281. The van der Waals surface area contributed by atoms with Crippen LogP contribution in [0.25, 0.3) is 0 Å². The molecule has 0 radical (unpaired) electrons. The number of esters is 3. The van der Waals surface area contributed by atoms with E-state index in [0.29, 0.717) is 16.7 Å². The zero-order chi connectivity index (χ0) is 26.9. The van der Waals surface area contributed by atoms with Crippen molar-refractivity contribution in [2.75, 3.05) is 20.8 Å². The van der Waals surface area contributed by atoms with Crippen LogP contribution in [0.5, 0.6) is 0 Å². The van der Waals surface area contributed by atoms with E-state index in [0.717, 1.165) is 0 Å². The average Bonchev–Trinajstić information content (AvgIpc) is 3.29. The van der Waals surface area contributed by atoms with E-state index in [-0.39, 0.29) is 6.61 Å². The Labute approximate surface area is 220 Å². The first-order valence-electron chi connectivity index (χ1n) is 12.0. The first kappa shape index (κ1) is 27.0. The lowest BCUT2D eigenvalue weighted by Crippen LogP contribution is -2.45. The molecule has 0 bridgehead atoms. The minimum atomic E-state index is -1.14. The Morgan fingerprint density at radius 1 is 0.658 bits per heavy atom. The zero-order valence-electron chi connectivity index (χ0n) is 20.9. The van der Waals surface area contributed by atoms with Crippen molar-refractivity contribution < 1.29 is 42.8 Å². The van der Waals surface area contributed by atoms with Crippen LogP contribution < -0.4 is 0 Å². The molecule has 1 aliphatic heterocycles. The standard InChI is InChI=1S/C29H28O9/c1-33-29(34-2)25-24(38-28(32)21-16-10-5-11-17-21)23(37-27(31)20-14-8-4-9-15-20)22(36-25)18-35-26(30)19-12-6-3-7-13-19/h3-17,22-25,29H,18H2,1-2H3/t22-,23-,24+,25+/m1/s1. The molecule has 1 fully saturated rings. The van der Waals surface area contributed by atoms with Gasteiger partial charge in [-0.2, -0.15) is 0 Å². The number of benzene rings is 3. The summed E-state index contributed by atoms with van der Waals surface area (Å²) >= 11 is 0. The van der Waals surface area contributed by atoms with Gasteiger partial charge in [0.1, 0.15) is 18.8 Å². The largest absolute Gasteiger partial charge is 0.459 e. The van der Waals surface area contributed by atoms with E-state index < -0.39 is 48.6 Å². The van der Waals surface area contributed by atoms with Gasteiger partial charge in [-0.05, 0) is 36.4 Å². The molecular weight excluding hydrogens is 492 g/mol. The zero-order valence-corrected chi connectivity index (χ0v) is 20.9. The topological polar surface area (TPSA) is 107 Å². The molecule has 3 aromatic rings. The predicted octanol–water partition coefficient (Wildman–Crippen LogP) is 3.68. The number of methoxy groups -OCH3 is 2. The van der Waals surface area contributed by atoms with Gasteiger partial charge in [0, 0.05) is 14.2 Å². The van der Waals surface area contributed by atoms with Gasteiger partial charge in [0.15, 0.2) is 18.5 Å². The van der Waals surface area contributed by atoms with Gasteiger partial charge in [-0.1, -0.05) is 54.6 Å². The molecule has 1 saturated heterocycles. The van der Waals surface area contributed by atoms with Crippen molar-refractivity contribution in [3.8, 4) is 0 Å². The van der Waals surface area contributed by atoms with Gasteiger partial charge in [0.2, 0.25) is 0 Å². The molecule has 9 heteroatoms. The van der Waals surface area contributed by atoms with Gasteiger partial charge < -0.3 is 28.4 Å². The summed E-state index contributed by atoms with van der Waals surface area (Å²) in [5, 5.41) is 0. The van der Waals surface area contributed by atoms with E-state index in [1.165, 1.54) is 14.2 Å². The molecule has 1 heterocycles. The van der Waals surface area contributed by atoms with Gasteiger partial charge in [0.05, 0.1) is 16.7 Å². The highest BCUT2D eigenvalue weighted by Gasteiger charge is 2.53. The van der Waals surface area contributed by atoms with E-state index in [2.05, 4.69) is 0 Å². The molecule has 198 valence electrons. The van der Waals surface area contributed by atoms with E-state index in [9.17, 15) is 14.4 Å². The second-order valence-electron chi connectivity index (χ2n) is 8.42. The molecule has 4 rings (SSSR count). The third-order valence-electron chi connectivity index (χ3n) is 5.97. The lowest BCUT2D eigenvalue weighted by molar-refractivity contribution is -0.194. The van der Waals surface area contributed by atoms with Gasteiger partial charge in [0.25, 0.3) is 0 Å². The number of hydrogen-bond acceptors (Lipinski definition) is 9. The summed E-state index contributed by atoms with van der Waals surface area (Å²) in [5.74, 6) is -1.90. The number of rotatable bonds is 10. The Bertz CT molecular complexity index is 1200. The number of hydrogen-bond donors (Lipinski definition) is 0. The lowest BCUT2D eigenvalue weighted by Gasteiger charge is -2.27. The Balaban J connectivity index is 1.61. The van der Waals surface area contributed by atoms with Gasteiger partial charge in [-0.15, -0.1) is 0 Å². The Kier molecular flexibility index (Phi) is 9.21. The molecule has 0 aliphatic carbocycles. The van der Waals surface area contributed by atoms with Crippen molar-refractivity contribution >= 4 is 17.9 Å². The minimum Gasteiger partial charge on any atom is -0.459 e. The Hall–Kier alpha value is -4.05. The highest BCUT2D eigenvalue weighted by molar-refractivity contribution is 5.91. The second-order valence-corrected chi connectivity index (χ2v) is 8.42. The maximum atomic E-state index is 13.0. The fourth-order valence-electron chi connectivity index (χ4n) is 4.10. The third kappa shape index (κ3) is 6.44. The van der Waals surface area contributed by atoms with Crippen LogP contribution in [0.15, 0.2) is 91.0 Å². The van der Waals surface area contributed by atoms with Crippen LogP contribution >= 0.6 is 0 Å². The maximum absolute atomic E-state index is 13.0. The van der Waals surface area contributed by atoms with Crippen molar-refractivity contribution in [3.63, 3.8) is 0 Å². The summed E-state index contributed by atoms with van der Waals surface area (Å²) in [7, 11) is 2.81. The average molecular weight is 521 g/mol. The minimum absolute atomic E-state index is 0.281. The Morgan fingerprint density at radius 2 is 1.08 bits per heavy atom. The highest BCUT2D eigenvalue weighted by Crippen LogP contribution is 2.32. The molecular formula is C29H28O9. The number of carbonyl (C=O) groups excluding carboxylic acids is 3. The van der Waals surface area contributed by atoms with E-state index in [4.69, 9.17) is 28.4 Å². The van der Waals surface area contributed by atoms with Gasteiger partial charge >= 0.3 is 17.9 Å².